The predicted molar refractivity (Wildman–Crippen MR) is 29.7 cm³/mol. The van der Waals surface area contributed by atoms with Crippen molar-refractivity contribution < 1.29 is 9.59 Å². The Morgan fingerprint density at radius 2 is 2.44 bits per heavy atom. The average molecular weight is 129 g/mol. The van der Waals surface area contributed by atoms with Crippen LogP contribution in [0.4, 0.5) is 9.59 Å². The van der Waals surface area contributed by atoms with Crippen LogP contribution in [0.25, 0.3) is 0 Å². The quantitative estimate of drug-likeness (QED) is 0.444. The standard InChI is InChI=1S/C4H7N3O2/c5-3(8)7-2-1-6-4(7)9/h1-2H2,(H2,5,8)(H,6,9). The third-order valence-corrected chi connectivity index (χ3v) is 1.12. The first-order valence-corrected chi connectivity index (χ1v) is 2.56. The summed E-state index contributed by atoms with van der Waals surface area (Å²) < 4.78 is 0. The van der Waals surface area contributed by atoms with E-state index in [1.807, 2.05) is 0 Å². The summed E-state index contributed by atoms with van der Waals surface area (Å²) in [7, 11) is 0. The average Bonchev–Trinajstić information content (AvgIpc) is 2.13. The highest BCUT2D eigenvalue weighted by atomic mass is 16.2. The van der Waals surface area contributed by atoms with E-state index in [0.717, 1.165) is 4.90 Å². The van der Waals surface area contributed by atoms with E-state index >= 15 is 0 Å². The molecule has 0 aromatic heterocycles. The molecule has 0 spiro atoms. The van der Waals surface area contributed by atoms with E-state index in [0.29, 0.717) is 13.1 Å². The molecular weight excluding hydrogens is 122 g/mol. The van der Waals surface area contributed by atoms with Crippen LogP contribution < -0.4 is 11.1 Å². The number of nitrogens with zero attached hydrogens (tertiary/aromatic N) is 1. The van der Waals surface area contributed by atoms with Crippen LogP contribution in [0.3, 0.4) is 0 Å². The molecule has 1 saturated heterocycles. The lowest BCUT2D eigenvalue weighted by molar-refractivity contribution is 0.205. The Morgan fingerprint density at radius 3 is 2.67 bits per heavy atom. The van der Waals surface area contributed by atoms with Crippen molar-refractivity contribution in [1.29, 1.82) is 0 Å². The molecule has 0 atom stereocenters. The van der Waals surface area contributed by atoms with Crippen LogP contribution in [0.2, 0.25) is 0 Å². The predicted octanol–water partition coefficient (Wildman–Crippen LogP) is -0.910. The van der Waals surface area contributed by atoms with Crippen LogP contribution in [0.15, 0.2) is 0 Å². The fraction of sp³-hybridized carbons (Fsp3) is 0.500. The Balaban J connectivity index is 2.60. The Morgan fingerprint density at radius 1 is 1.78 bits per heavy atom. The summed E-state index contributed by atoms with van der Waals surface area (Å²) in [6.07, 6.45) is 0. The molecule has 3 N–H and O–H groups in total. The molecule has 1 aliphatic heterocycles. The maximum absolute atomic E-state index is 10.5. The van der Waals surface area contributed by atoms with E-state index in [1.54, 1.807) is 0 Å². The zero-order valence-electron chi connectivity index (χ0n) is 4.76. The molecule has 1 heterocycles. The van der Waals surface area contributed by atoms with Crippen LogP contribution in [0.1, 0.15) is 0 Å². The lowest BCUT2D eigenvalue weighted by Gasteiger charge is -2.05. The van der Waals surface area contributed by atoms with Crippen molar-refractivity contribution in [1.82, 2.24) is 10.2 Å². The lowest BCUT2D eigenvalue weighted by atomic mass is 10.6. The minimum atomic E-state index is -0.690. The number of imide groups is 1. The van der Waals surface area contributed by atoms with Crippen molar-refractivity contribution in [2.24, 2.45) is 5.73 Å². The van der Waals surface area contributed by atoms with Gasteiger partial charge >= 0.3 is 12.1 Å². The van der Waals surface area contributed by atoms with Gasteiger partial charge in [-0.2, -0.15) is 0 Å². The van der Waals surface area contributed by atoms with E-state index in [4.69, 9.17) is 5.73 Å². The zero-order valence-corrected chi connectivity index (χ0v) is 4.76. The van der Waals surface area contributed by atoms with E-state index in [1.165, 1.54) is 0 Å². The van der Waals surface area contributed by atoms with Gasteiger partial charge in [-0.3, -0.25) is 0 Å². The van der Waals surface area contributed by atoms with Gasteiger partial charge in [-0.1, -0.05) is 0 Å². The molecule has 0 saturated carbocycles. The Bertz CT molecular complexity index is 156. The summed E-state index contributed by atoms with van der Waals surface area (Å²) in [4.78, 5) is 21.8. The summed E-state index contributed by atoms with van der Waals surface area (Å²) in [5.41, 5.74) is 4.81. The highest BCUT2D eigenvalue weighted by Crippen LogP contribution is 1.93. The summed E-state index contributed by atoms with van der Waals surface area (Å²) in [6, 6.07) is -1.09. The molecule has 4 amide bonds. The van der Waals surface area contributed by atoms with E-state index in [9.17, 15) is 9.59 Å². The number of urea groups is 2. The maximum Gasteiger partial charge on any atom is 0.325 e. The third-order valence-electron chi connectivity index (χ3n) is 1.12. The molecule has 5 heteroatoms. The second-order valence-electron chi connectivity index (χ2n) is 1.72. The van der Waals surface area contributed by atoms with Gasteiger partial charge in [0.2, 0.25) is 0 Å². The van der Waals surface area contributed by atoms with Crippen molar-refractivity contribution in [3.05, 3.63) is 0 Å². The Kier molecular flexibility index (Phi) is 1.26. The molecule has 1 aliphatic rings. The van der Waals surface area contributed by atoms with E-state index < -0.39 is 12.1 Å². The van der Waals surface area contributed by atoms with Crippen molar-refractivity contribution in [3.8, 4) is 0 Å². The monoisotopic (exact) mass is 129 g/mol. The summed E-state index contributed by atoms with van der Waals surface area (Å²) in [6.45, 7) is 0.885. The van der Waals surface area contributed by atoms with E-state index in [2.05, 4.69) is 5.32 Å². The molecule has 0 radical (unpaired) electrons. The van der Waals surface area contributed by atoms with Gasteiger partial charge in [0.25, 0.3) is 0 Å². The molecule has 0 aromatic rings. The SMILES string of the molecule is NC(=O)N1CCNC1=O. The van der Waals surface area contributed by atoms with Gasteiger partial charge in [-0.25, -0.2) is 14.5 Å². The molecule has 1 rings (SSSR count). The Labute approximate surface area is 51.8 Å². The lowest BCUT2D eigenvalue weighted by Crippen LogP contribution is -2.38. The topological polar surface area (TPSA) is 75.4 Å². The van der Waals surface area contributed by atoms with Gasteiger partial charge in [0.05, 0.1) is 0 Å². The number of carbonyl (C=O) groups is 2. The number of hydrogen-bond donors (Lipinski definition) is 2. The smallest absolute Gasteiger partial charge is 0.325 e. The maximum atomic E-state index is 10.5. The molecule has 9 heavy (non-hydrogen) atoms. The summed E-state index contributed by atoms with van der Waals surface area (Å²) in [5, 5.41) is 2.44. The van der Waals surface area contributed by atoms with Gasteiger partial charge in [0.1, 0.15) is 0 Å². The van der Waals surface area contributed by atoms with Gasteiger partial charge in [0.15, 0.2) is 0 Å². The minimum Gasteiger partial charge on any atom is -0.351 e. The van der Waals surface area contributed by atoms with Gasteiger partial charge in [-0.05, 0) is 0 Å². The first-order chi connectivity index (χ1) is 4.22. The van der Waals surface area contributed by atoms with Crippen molar-refractivity contribution >= 4 is 12.1 Å². The highest BCUT2D eigenvalue weighted by molar-refractivity contribution is 5.94. The number of rotatable bonds is 0. The molecule has 0 unspecified atom stereocenters. The van der Waals surface area contributed by atoms with Crippen LogP contribution in [0, 0.1) is 0 Å². The number of nitrogens with one attached hydrogen (secondary N) is 1. The number of primary amides is 1. The van der Waals surface area contributed by atoms with Crippen molar-refractivity contribution in [2.45, 2.75) is 0 Å². The fourth-order valence-electron chi connectivity index (χ4n) is 0.682. The third kappa shape index (κ3) is 0.933. The van der Waals surface area contributed by atoms with Crippen LogP contribution in [-0.4, -0.2) is 30.1 Å². The second kappa shape index (κ2) is 1.93. The molecule has 0 bridgehead atoms. The van der Waals surface area contributed by atoms with Crippen LogP contribution in [-0.2, 0) is 0 Å². The van der Waals surface area contributed by atoms with Gasteiger partial charge in [-0.15, -0.1) is 0 Å². The second-order valence-corrected chi connectivity index (χ2v) is 1.72. The Hall–Kier alpha value is -1.26. The van der Waals surface area contributed by atoms with Gasteiger partial charge in [0, 0.05) is 13.1 Å². The first kappa shape index (κ1) is 5.87. The summed E-state index contributed by atoms with van der Waals surface area (Å²) in [5.74, 6) is 0. The largest absolute Gasteiger partial charge is 0.351 e. The van der Waals surface area contributed by atoms with E-state index in [-0.39, 0.29) is 0 Å². The molecular formula is C4H7N3O2. The number of carbonyl (C=O) groups excluding carboxylic acids is 2. The molecule has 0 aromatic carbocycles. The molecule has 0 aliphatic carbocycles. The highest BCUT2D eigenvalue weighted by Gasteiger charge is 2.23. The number of hydrogen-bond acceptors (Lipinski definition) is 2. The van der Waals surface area contributed by atoms with Crippen LogP contribution in [0.5, 0.6) is 0 Å². The zero-order chi connectivity index (χ0) is 6.85. The number of amides is 4. The molecule has 50 valence electrons. The number of nitrogens with two attached hydrogens (primary N) is 1. The minimum absolute atomic E-state index is 0.383. The molecule has 1 fully saturated rings. The van der Waals surface area contributed by atoms with Crippen molar-refractivity contribution in [3.63, 3.8) is 0 Å². The normalized spacial score (nSPS) is 17.8. The summed E-state index contributed by atoms with van der Waals surface area (Å²) >= 11 is 0. The van der Waals surface area contributed by atoms with Crippen molar-refractivity contribution in [2.75, 3.05) is 13.1 Å². The van der Waals surface area contributed by atoms with Gasteiger partial charge < -0.3 is 11.1 Å². The molecule has 5 nitrogen and oxygen atoms in total. The fourth-order valence-corrected chi connectivity index (χ4v) is 0.682. The first-order valence-electron chi connectivity index (χ1n) is 2.56. The van der Waals surface area contributed by atoms with Crippen LogP contribution >= 0.6 is 0 Å².